The number of likely N-dealkylation sites (tertiary alicyclic amines) is 1. The van der Waals surface area contributed by atoms with Crippen molar-refractivity contribution in [2.75, 3.05) is 25.0 Å². The van der Waals surface area contributed by atoms with Crippen molar-refractivity contribution < 1.29 is 4.79 Å². The zero-order valence-corrected chi connectivity index (χ0v) is 16.3. The molecule has 1 fully saturated rings. The van der Waals surface area contributed by atoms with Crippen LogP contribution in [0, 0.1) is 13.8 Å². The number of thiophene rings is 1. The van der Waals surface area contributed by atoms with E-state index in [0.29, 0.717) is 6.42 Å². The first kappa shape index (κ1) is 18.1. The summed E-state index contributed by atoms with van der Waals surface area (Å²) in [4.78, 5) is 27.8. The maximum Gasteiger partial charge on any atom is 0.219 e. The first-order valence-electron chi connectivity index (χ1n) is 8.87. The van der Waals surface area contributed by atoms with Gasteiger partial charge in [0.25, 0.3) is 0 Å². The fraction of sp³-hybridized carbons (Fsp3) is 0.611. The third-order valence-corrected chi connectivity index (χ3v) is 6.21. The van der Waals surface area contributed by atoms with Gasteiger partial charge in [0.1, 0.15) is 16.5 Å². The molecule has 6 nitrogen and oxygen atoms in total. The largest absolute Gasteiger partial charge is 0.370 e. The second kappa shape index (κ2) is 7.25. The average Bonchev–Trinajstić information content (AvgIpc) is 3.14. The summed E-state index contributed by atoms with van der Waals surface area (Å²) in [6, 6.07) is -0.00478. The van der Waals surface area contributed by atoms with Crippen LogP contribution in [0.15, 0.2) is 0 Å². The second-order valence-corrected chi connectivity index (χ2v) is 8.24. The normalized spacial score (nSPS) is 16.5. The van der Waals surface area contributed by atoms with E-state index in [1.165, 1.54) is 23.3 Å². The molecule has 2 aromatic heterocycles. The van der Waals surface area contributed by atoms with Crippen LogP contribution in [0.3, 0.4) is 0 Å². The molecule has 0 bridgehead atoms. The number of carbonyl (C=O) groups is 1. The first-order chi connectivity index (χ1) is 11.9. The predicted octanol–water partition coefficient (Wildman–Crippen LogP) is 2.60. The Bertz CT molecular complexity index is 781. The quantitative estimate of drug-likeness (QED) is 0.856. The van der Waals surface area contributed by atoms with Crippen LogP contribution in [-0.2, 0) is 11.3 Å². The molecule has 25 heavy (non-hydrogen) atoms. The Labute approximate surface area is 153 Å². The summed E-state index contributed by atoms with van der Waals surface area (Å²) < 4.78 is 0. The van der Waals surface area contributed by atoms with Gasteiger partial charge in [0.15, 0.2) is 0 Å². The summed E-state index contributed by atoms with van der Waals surface area (Å²) in [6.45, 7) is 9.27. The van der Waals surface area contributed by atoms with E-state index in [1.807, 2.05) is 14.0 Å². The SMILES string of the molecule is Cc1sc2nc(CN3CCCC3)nc(N(C)C(C)CC(N)=O)c2c1C. The molecule has 1 unspecified atom stereocenters. The Morgan fingerprint density at radius 1 is 1.32 bits per heavy atom. The molecule has 3 rings (SSSR count). The number of rotatable bonds is 6. The van der Waals surface area contributed by atoms with Crippen molar-refractivity contribution in [3.05, 3.63) is 16.3 Å². The number of amides is 1. The molecule has 1 aliphatic rings. The van der Waals surface area contributed by atoms with Crippen LogP contribution in [0.5, 0.6) is 0 Å². The third kappa shape index (κ3) is 3.77. The fourth-order valence-corrected chi connectivity index (χ4v) is 4.42. The number of anilines is 1. The van der Waals surface area contributed by atoms with Crippen molar-refractivity contribution in [3.8, 4) is 0 Å². The molecule has 1 atom stereocenters. The van der Waals surface area contributed by atoms with E-state index in [2.05, 4.69) is 23.6 Å². The molecule has 1 amide bonds. The number of primary amides is 1. The van der Waals surface area contributed by atoms with E-state index in [4.69, 9.17) is 15.7 Å². The number of hydrogen-bond donors (Lipinski definition) is 1. The number of nitrogens with two attached hydrogens (primary N) is 1. The van der Waals surface area contributed by atoms with Gasteiger partial charge < -0.3 is 10.6 Å². The van der Waals surface area contributed by atoms with Crippen molar-refractivity contribution in [2.45, 2.75) is 52.6 Å². The van der Waals surface area contributed by atoms with Crippen LogP contribution < -0.4 is 10.6 Å². The van der Waals surface area contributed by atoms with Crippen LogP contribution in [0.25, 0.3) is 10.2 Å². The van der Waals surface area contributed by atoms with Crippen molar-refractivity contribution in [3.63, 3.8) is 0 Å². The highest BCUT2D eigenvalue weighted by atomic mass is 32.1. The van der Waals surface area contributed by atoms with Crippen LogP contribution in [-0.4, -0.2) is 47.0 Å². The minimum Gasteiger partial charge on any atom is -0.370 e. The van der Waals surface area contributed by atoms with Crippen molar-refractivity contribution in [1.29, 1.82) is 0 Å². The Morgan fingerprint density at radius 2 is 2.00 bits per heavy atom. The number of carbonyl (C=O) groups excluding carboxylic acids is 1. The van der Waals surface area contributed by atoms with Crippen LogP contribution in [0.1, 0.15) is 42.5 Å². The van der Waals surface area contributed by atoms with E-state index in [9.17, 15) is 4.79 Å². The smallest absolute Gasteiger partial charge is 0.219 e. The van der Waals surface area contributed by atoms with Gasteiger partial charge in [-0.2, -0.15) is 0 Å². The van der Waals surface area contributed by atoms with Gasteiger partial charge >= 0.3 is 0 Å². The number of aryl methyl sites for hydroxylation is 2. The number of fused-ring (bicyclic) bond motifs is 1. The van der Waals surface area contributed by atoms with Gasteiger partial charge in [0.05, 0.1) is 11.9 Å². The molecule has 2 aromatic rings. The van der Waals surface area contributed by atoms with Gasteiger partial charge in [0.2, 0.25) is 5.91 Å². The van der Waals surface area contributed by atoms with E-state index >= 15 is 0 Å². The molecule has 1 aliphatic heterocycles. The van der Waals surface area contributed by atoms with Gasteiger partial charge in [-0.1, -0.05) is 0 Å². The Balaban J connectivity index is 2.02. The van der Waals surface area contributed by atoms with Crippen molar-refractivity contribution in [2.24, 2.45) is 5.73 Å². The molecule has 0 radical (unpaired) electrons. The molecule has 0 saturated carbocycles. The maximum absolute atomic E-state index is 11.3. The Kier molecular flexibility index (Phi) is 5.24. The molecule has 3 heterocycles. The third-order valence-electron chi connectivity index (χ3n) is 5.11. The van der Waals surface area contributed by atoms with Gasteiger partial charge in [-0.05, 0) is 52.3 Å². The van der Waals surface area contributed by atoms with E-state index in [1.54, 1.807) is 11.3 Å². The minimum absolute atomic E-state index is 0.00478. The van der Waals surface area contributed by atoms with Gasteiger partial charge in [0, 0.05) is 24.4 Å². The fourth-order valence-electron chi connectivity index (χ4n) is 3.37. The lowest BCUT2D eigenvalue weighted by molar-refractivity contribution is -0.118. The lowest BCUT2D eigenvalue weighted by Gasteiger charge is -2.26. The molecule has 2 N–H and O–H groups in total. The predicted molar refractivity (Wildman–Crippen MR) is 103 cm³/mol. The van der Waals surface area contributed by atoms with Crippen molar-refractivity contribution in [1.82, 2.24) is 14.9 Å². The summed E-state index contributed by atoms with van der Waals surface area (Å²) in [7, 11) is 1.99. The van der Waals surface area contributed by atoms with Crippen LogP contribution in [0.4, 0.5) is 5.82 Å². The average molecular weight is 362 g/mol. The zero-order valence-electron chi connectivity index (χ0n) is 15.5. The van der Waals surface area contributed by atoms with E-state index in [-0.39, 0.29) is 11.9 Å². The molecule has 136 valence electrons. The Hall–Kier alpha value is -1.73. The Morgan fingerprint density at radius 3 is 2.64 bits per heavy atom. The highest BCUT2D eigenvalue weighted by Crippen LogP contribution is 2.35. The topological polar surface area (TPSA) is 75.3 Å². The summed E-state index contributed by atoms with van der Waals surface area (Å²) in [5, 5.41) is 1.10. The molecule has 1 saturated heterocycles. The minimum atomic E-state index is -0.292. The van der Waals surface area contributed by atoms with Gasteiger partial charge in [-0.25, -0.2) is 9.97 Å². The molecule has 0 aromatic carbocycles. The monoisotopic (exact) mass is 361 g/mol. The molecular weight excluding hydrogens is 334 g/mol. The zero-order chi connectivity index (χ0) is 18.1. The van der Waals surface area contributed by atoms with Gasteiger partial charge in [-0.3, -0.25) is 9.69 Å². The van der Waals surface area contributed by atoms with Crippen LogP contribution in [0.2, 0.25) is 0 Å². The lowest BCUT2D eigenvalue weighted by Crippen LogP contribution is -2.34. The number of aromatic nitrogens is 2. The van der Waals surface area contributed by atoms with Crippen LogP contribution >= 0.6 is 11.3 Å². The summed E-state index contributed by atoms with van der Waals surface area (Å²) in [6.07, 6.45) is 2.81. The first-order valence-corrected chi connectivity index (χ1v) is 9.68. The van der Waals surface area contributed by atoms with E-state index < -0.39 is 0 Å². The molecule has 7 heteroatoms. The number of hydrogen-bond acceptors (Lipinski definition) is 6. The highest BCUT2D eigenvalue weighted by Gasteiger charge is 2.22. The van der Waals surface area contributed by atoms with Crippen molar-refractivity contribution >= 4 is 33.3 Å². The standard InChI is InChI=1S/C18H27N5OS/c1-11(9-14(19)24)22(4)17-16-12(2)13(3)25-18(16)21-15(20-17)10-23-7-5-6-8-23/h11H,5-10H2,1-4H3,(H2,19,24). The maximum atomic E-state index is 11.3. The van der Waals surface area contributed by atoms with Gasteiger partial charge in [-0.15, -0.1) is 11.3 Å². The summed E-state index contributed by atoms with van der Waals surface area (Å²) >= 11 is 1.72. The van der Waals surface area contributed by atoms with E-state index in [0.717, 1.165) is 41.5 Å². The summed E-state index contributed by atoms with van der Waals surface area (Å²) in [5.74, 6) is 1.48. The summed E-state index contributed by atoms with van der Waals surface area (Å²) in [5.41, 5.74) is 6.61. The lowest BCUT2D eigenvalue weighted by atomic mass is 10.1. The number of nitrogens with zero attached hydrogens (tertiary/aromatic N) is 4. The molecule has 0 aliphatic carbocycles. The molecular formula is C18H27N5OS. The molecule has 0 spiro atoms. The highest BCUT2D eigenvalue weighted by molar-refractivity contribution is 7.18. The second-order valence-electron chi connectivity index (χ2n) is 7.04.